The van der Waals surface area contributed by atoms with Gasteiger partial charge in [0.25, 0.3) is 0 Å². The fourth-order valence-electron chi connectivity index (χ4n) is 2.28. The highest BCUT2D eigenvalue weighted by molar-refractivity contribution is 7.07. The number of hydrogen-bond acceptors (Lipinski definition) is 3. The normalized spacial score (nSPS) is 20.8. The first-order valence-corrected chi connectivity index (χ1v) is 7.43. The molecule has 0 spiro atoms. The second kappa shape index (κ2) is 5.31. The van der Waals surface area contributed by atoms with Gasteiger partial charge in [-0.15, -0.1) is 0 Å². The van der Waals surface area contributed by atoms with E-state index >= 15 is 0 Å². The van der Waals surface area contributed by atoms with Crippen LogP contribution in [-0.2, 0) is 4.74 Å². The summed E-state index contributed by atoms with van der Waals surface area (Å²) in [7, 11) is 0. The van der Waals surface area contributed by atoms with E-state index < -0.39 is 5.60 Å². The largest absolute Gasteiger partial charge is 0.444 e. The summed E-state index contributed by atoms with van der Waals surface area (Å²) in [5, 5.41) is 4.20. The number of rotatable bonds is 1. The number of piperidine rings is 1. The Morgan fingerprint density at radius 1 is 1.44 bits per heavy atom. The van der Waals surface area contributed by atoms with Gasteiger partial charge in [-0.3, -0.25) is 0 Å². The highest BCUT2D eigenvalue weighted by Crippen LogP contribution is 2.33. The number of hydrogen-bond donors (Lipinski definition) is 0. The van der Waals surface area contributed by atoms with Crippen molar-refractivity contribution in [2.75, 3.05) is 6.54 Å². The molecule has 0 aliphatic carbocycles. The van der Waals surface area contributed by atoms with E-state index in [1.165, 1.54) is 12.0 Å². The van der Waals surface area contributed by atoms with Crippen LogP contribution in [0.15, 0.2) is 16.8 Å². The summed E-state index contributed by atoms with van der Waals surface area (Å²) in [6.45, 7) is 6.53. The van der Waals surface area contributed by atoms with Crippen molar-refractivity contribution in [3.63, 3.8) is 0 Å². The van der Waals surface area contributed by atoms with Crippen molar-refractivity contribution in [3.8, 4) is 0 Å². The molecule has 0 aromatic carbocycles. The molecule has 0 radical (unpaired) electrons. The molecule has 1 amide bonds. The lowest BCUT2D eigenvalue weighted by Crippen LogP contribution is -2.41. The Balaban J connectivity index is 2.11. The van der Waals surface area contributed by atoms with Crippen LogP contribution in [0.4, 0.5) is 4.79 Å². The SMILES string of the molecule is CC(C)(C)OC(=O)N1CCCCC1c1ccsc1. The van der Waals surface area contributed by atoms with Crippen molar-refractivity contribution in [2.24, 2.45) is 0 Å². The summed E-state index contributed by atoms with van der Waals surface area (Å²) in [5.74, 6) is 0. The molecule has 1 fully saturated rings. The van der Waals surface area contributed by atoms with E-state index in [1.54, 1.807) is 11.3 Å². The lowest BCUT2D eigenvalue weighted by Gasteiger charge is -2.36. The molecule has 4 heteroatoms. The molecule has 1 aliphatic heterocycles. The van der Waals surface area contributed by atoms with E-state index in [-0.39, 0.29) is 12.1 Å². The Kier molecular flexibility index (Phi) is 3.95. The number of likely N-dealkylation sites (tertiary alicyclic amines) is 1. The summed E-state index contributed by atoms with van der Waals surface area (Å²) in [6.07, 6.45) is 3.11. The Labute approximate surface area is 113 Å². The van der Waals surface area contributed by atoms with Crippen molar-refractivity contribution >= 4 is 17.4 Å². The van der Waals surface area contributed by atoms with Crippen LogP contribution in [0, 0.1) is 0 Å². The minimum atomic E-state index is -0.423. The van der Waals surface area contributed by atoms with E-state index in [0.29, 0.717) is 0 Å². The van der Waals surface area contributed by atoms with Crippen LogP contribution < -0.4 is 0 Å². The van der Waals surface area contributed by atoms with E-state index in [4.69, 9.17) is 4.74 Å². The molecule has 100 valence electrons. The van der Waals surface area contributed by atoms with Crippen molar-refractivity contribution in [2.45, 2.75) is 51.7 Å². The molecule has 1 unspecified atom stereocenters. The summed E-state index contributed by atoms with van der Waals surface area (Å²) < 4.78 is 5.50. The summed E-state index contributed by atoms with van der Waals surface area (Å²) >= 11 is 1.68. The highest BCUT2D eigenvalue weighted by Gasteiger charge is 2.31. The standard InChI is InChI=1S/C14H21NO2S/c1-14(2,3)17-13(16)15-8-5-4-6-12(15)11-7-9-18-10-11/h7,9-10,12H,4-6,8H2,1-3H3. The molecular weight excluding hydrogens is 246 g/mol. The van der Waals surface area contributed by atoms with Gasteiger partial charge in [0.1, 0.15) is 5.60 Å². The minimum absolute atomic E-state index is 0.182. The molecule has 1 aromatic heterocycles. The van der Waals surface area contributed by atoms with Gasteiger partial charge in [-0.2, -0.15) is 11.3 Å². The summed E-state index contributed by atoms with van der Waals surface area (Å²) in [5.41, 5.74) is 0.818. The molecule has 1 saturated heterocycles. The molecule has 2 rings (SSSR count). The molecule has 0 N–H and O–H groups in total. The fourth-order valence-corrected chi connectivity index (χ4v) is 2.99. The number of ether oxygens (including phenoxy) is 1. The third kappa shape index (κ3) is 3.25. The van der Waals surface area contributed by atoms with Crippen molar-refractivity contribution in [1.82, 2.24) is 4.90 Å². The highest BCUT2D eigenvalue weighted by atomic mass is 32.1. The summed E-state index contributed by atoms with van der Waals surface area (Å²) in [4.78, 5) is 14.1. The molecule has 0 saturated carbocycles. The van der Waals surface area contributed by atoms with Gasteiger partial charge in [0, 0.05) is 6.54 Å². The monoisotopic (exact) mass is 267 g/mol. The van der Waals surface area contributed by atoms with Crippen LogP contribution in [0.2, 0.25) is 0 Å². The molecule has 0 bridgehead atoms. The average molecular weight is 267 g/mol. The zero-order valence-corrected chi connectivity index (χ0v) is 12.1. The zero-order chi connectivity index (χ0) is 13.2. The minimum Gasteiger partial charge on any atom is -0.444 e. The maximum absolute atomic E-state index is 12.2. The third-order valence-corrected chi connectivity index (χ3v) is 3.76. The van der Waals surface area contributed by atoms with Gasteiger partial charge >= 0.3 is 6.09 Å². The van der Waals surface area contributed by atoms with Crippen LogP contribution in [0.5, 0.6) is 0 Å². The number of thiophene rings is 1. The first kappa shape index (κ1) is 13.4. The molecule has 1 aliphatic rings. The van der Waals surface area contributed by atoms with Crippen LogP contribution in [0.3, 0.4) is 0 Å². The summed E-state index contributed by atoms with van der Waals surface area (Å²) in [6, 6.07) is 2.30. The molecule has 2 heterocycles. The second-order valence-electron chi connectivity index (χ2n) is 5.74. The fraction of sp³-hybridized carbons (Fsp3) is 0.643. The van der Waals surface area contributed by atoms with E-state index in [2.05, 4.69) is 16.8 Å². The maximum Gasteiger partial charge on any atom is 0.410 e. The van der Waals surface area contributed by atoms with Gasteiger partial charge in [0.2, 0.25) is 0 Å². The van der Waals surface area contributed by atoms with E-state index in [9.17, 15) is 4.79 Å². The van der Waals surface area contributed by atoms with E-state index in [1.807, 2.05) is 25.7 Å². The molecular formula is C14H21NO2S. The Bertz CT molecular complexity index is 394. The van der Waals surface area contributed by atoms with Crippen molar-refractivity contribution < 1.29 is 9.53 Å². The smallest absolute Gasteiger partial charge is 0.410 e. The maximum atomic E-state index is 12.2. The molecule has 18 heavy (non-hydrogen) atoms. The van der Waals surface area contributed by atoms with Crippen molar-refractivity contribution in [3.05, 3.63) is 22.4 Å². The first-order chi connectivity index (χ1) is 8.47. The van der Waals surface area contributed by atoms with Crippen LogP contribution in [0.1, 0.15) is 51.6 Å². The average Bonchev–Trinajstić information content (AvgIpc) is 2.80. The first-order valence-electron chi connectivity index (χ1n) is 6.49. The lowest BCUT2D eigenvalue weighted by atomic mass is 9.98. The van der Waals surface area contributed by atoms with Gasteiger partial charge in [-0.1, -0.05) is 0 Å². The van der Waals surface area contributed by atoms with Gasteiger partial charge in [-0.05, 0) is 62.4 Å². The predicted octanol–water partition coefficient (Wildman–Crippen LogP) is 4.21. The number of carbonyl (C=O) groups is 1. The molecule has 1 aromatic rings. The quantitative estimate of drug-likeness (QED) is 0.762. The van der Waals surface area contributed by atoms with Crippen LogP contribution in [-0.4, -0.2) is 23.1 Å². The second-order valence-corrected chi connectivity index (χ2v) is 6.52. The topological polar surface area (TPSA) is 29.5 Å². The van der Waals surface area contributed by atoms with Crippen LogP contribution >= 0.6 is 11.3 Å². The van der Waals surface area contributed by atoms with Gasteiger partial charge in [0.05, 0.1) is 6.04 Å². The Hall–Kier alpha value is -1.03. The van der Waals surface area contributed by atoms with Gasteiger partial charge < -0.3 is 9.64 Å². The zero-order valence-electron chi connectivity index (χ0n) is 11.3. The van der Waals surface area contributed by atoms with Gasteiger partial charge in [-0.25, -0.2) is 4.79 Å². The van der Waals surface area contributed by atoms with E-state index in [0.717, 1.165) is 19.4 Å². The predicted molar refractivity (Wildman–Crippen MR) is 73.9 cm³/mol. The number of carbonyl (C=O) groups excluding carboxylic acids is 1. The molecule has 3 nitrogen and oxygen atoms in total. The lowest BCUT2D eigenvalue weighted by molar-refractivity contribution is 0.00956. The van der Waals surface area contributed by atoms with Crippen molar-refractivity contribution in [1.29, 1.82) is 0 Å². The Morgan fingerprint density at radius 3 is 2.83 bits per heavy atom. The number of amides is 1. The Morgan fingerprint density at radius 2 is 2.22 bits per heavy atom. The van der Waals surface area contributed by atoms with Gasteiger partial charge in [0.15, 0.2) is 0 Å². The molecule has 1 atom stereocenters. The third-order valence-electron chi connectivity index (χ3n) is 3.06. The van der Waals surface area contributed by atoms with Crippen LogP contribution in [0.25, 0.3) is 0 Å². The number of nitrogens with zero attached hydrogens (tertiary/aromatic N) is 1.